The largest absolute Gasteiger partial charge is 0.616 e. The van der Waals surface area contributed by atoms with Gasteiger partial charge in [-0.05, 0) is 24.0 Å². The molecule has 0 aliphatic rings. The zero-order valence-electron chi connectivity index (χ0n) is 9.27. The van der Waals surface area contributed by atoms with Crippen molar-refractivity contribution < 1.29 is 9.66 Å². The smallest absolute Gasteiger partial charge is 0.209 e. The van der Waals surface area contributed by atoms with E-state index in [0.29, 0.717) is 23.7 Å². The molecule has 1 N–H and O–H groups in total. The summed E-state index contributed by atoms with van der Waals surface area (Å²) in [6.45, 7) is 4.73. The van der Waals surface area contributed by atoms with Gasteiger partial charge in [-0.2, -0.15) is 5.10 Å². The first kappa shape index (κ1) is 12.4. The van der Waals surface area contributed by atoms with Crippen LogP contribution in [-0.4, -0.2) is 25.2 Å². The van der Waals surface area contributed by atoms with Gasteiger partial charge in [-0.15, -0.1) is 0 Å². The van der Waals surface area contributed by atoms with Gasteiger partial charge in [0.1, 0.15) is 17.2 Å². The van der Waals surface area contributed by atoms with Gasteiger partial charge in [-0.25, -0.2) is 4.68 Å². The lowest BCUT2D eigenvalue weighted by molar-refractivity contribution is 0.397. The summed E-state index contributed by atoms with van der Waals surface area (Å²) in [4.78, 5) is 0. The molecular formula is C10H18N2O2S. The van der Waals surface area contributed by atoms with Gasteiger partial charge in [-0.1, -0.05) is 13.8 Å². The number of hydrogen-bond acceptors (Lipinski definition) is 3. The second-order valence-electron chi connectivity index (χ2n) is 3.51. The van der Waals surface area contributed by atoms with Gasteiger partial charge in [-0.3, -0.25) is 0 Å². The molecule has 0 aliphatic heterocycles. The van der Waals surface area contributed by atoms with Gasteiger partial charge in [0.25, 0.3) is 0 Å². The Morgan fingerprint density at radius 3 is 2.80 bits per heavy atom. The number of aryl methyl sites for hydroxylation is 1. The van der Waals surface area contributed by atoms with E-state index in [0.717, 1.165) is 12.8 Å². The van der Waals surface area contributed by atoms with Crippen LogP contribution in [0, 0.1) is 0 Å². The first-order chi connectivity index (χ1) is 7.17. The van der Waals surface area contributed by atoms with E-state index in [1.807, 2.05) is 13.8 Å². The molecule has 0 saturated heterocycles. The number of rotatable bonds is 6. The van der Waals surface area contributed by atoms with E-state index in [9.17, 15) is 9.66 Å². The van der Waals surface area contributed by atoms with Crippen molar-refractivity contribution in [3.63, 3.8) is 0 Å². The molecule has 1 rings (SSSR count). The van der Waals surface area contributed by atoms with Crippen LogP contribution in [0.2, 0.25) is 0 Å². The summed E-state index contributed by atoms with van der Waals surface area (Å²) < 4.78 is 13.0. The molecule has 5 heteroatoms. The van der Waals surface area contributed by atoms with Crippen molar-refractivity contribution in [2.75, 3.05) is 5.75 Å². The maximum absolute atomic E-state index is 11.5. The highest BCUT2D eigenvalue weighted by atomic mass is 32.2. The van der Waals surface area contributed by atoms with Crippen molar-refractivity contribution in [1.29, 1.82) is 0 Å². The summed E-state index contributed by atoms with van der Waals surface area (Å²) in [7, 11) is 0. The molecule has 1 aromatic rings. The summed E-state index contributed by atoms with van der Waals surface area (Å²) in [6.07, 6.45) is 1.83. The van der Waals surface area contributed by atoms with Crippen LogP contribution in [0.3, 0.4) is 0 Å². The predicted octanol–water partition coefficient (Wildman–Crippen LogP) is 1.66. The first-order valence-corrected chi connectivity index (χ1v) is 6.76. The van der Waals surface area contributed by atoms with E-state index in [-0.39, 0.29) is 5.88 Å². The van der Waals surface area contributed by atoms with E-state index in [1.54, 1.807) is 10.7 Å². The standard InChI is InChI=1S/C10H18N2O2S/c1-3-5-12-10(13)7-9(11-12)8-15(14)6-4-2/h7,13H,3-6,8H2,1-2H3. The minimum Gasteiger partial charge on any atom is -0.616 e. The minimum absolute atomic E-state index is 0.167. The summed E-state index contributed by atoms with van der Waals surface area (Å²) >= 11 is -0.857. The molecular weight excluding hydrogens is 212 g/mol. The third kappa shape index (κ3) is 3.76. The summed E-state index contributed by atoms with van der Waals surface area (Å²) in [5, 5.41) is 13.7. The first-order valence-electron chi connectivity index (χ1n) is 5.28. The Balaban J connectivity index is 2.58. The van der Waals surface area contributed by atoms with Crippen LogP contribution in [-0.2, 0) is 23.5 Å². The van der Waals surface area contributed by atoms with Crippen molar-refractivity contribution in [2.24, 2.45) is 0 Å². The molecule has 0 saturated carbocycles. The molecule has 86 valence electrons. The average Bonchev–Trinajstić information content (AvgIpc) is 2.48. The topological polar surface area (TPSA) is 61.1 Å². The van der Waals surface area contributed by atoms with Crippen molar-refractivity contribution in [2.45, 2.75) is 39.0 Å². The van der Waals surface area contributed by atoms with Gasteiger partial charge in [0.15, 0.2) is 0 Å². The molecule has 0 spiro atoms. The highest BCUT2D eigenvalue weighted by Crippen LogP contribution is 2.14. The Morgan fingerprint density at radius 1 is 1.47 bits per heavy atom. The molecule has 1 atom stereocenters. The Morgan fingerprint density at radius 2 is 2.20 bits per heavy atom. The molecule has 1 unspecified atom stereocenters. The Bertz CT molecular complexity index is 302. The third-order valence-corrected chi connectivity index (χ3v) is 3.47. The fourth-order valence-electron chi connectivity index (χ4n) is 1.37. The van der Waals surface area contributed by atoms with Crippen LogP contribution in [0.1, 0.15) is 32.4 Å². The highest BCUT2D eigenvalue weighted by Gasteiger charge is 2.12. The van der Waals surface area contributed by atoms with Crippen molar-refractivity contribution in [3.05, 3.63) is 11.8 Å². The fraction of sp³-hybridized carbons (Fsp3) is 0.700. The lowest BCUT2D eigenvalue weighted by atomic mass is 10.5. The summed E-state index contributed by atoms with van der Waals surface area (Å²) in [6, 6.07) is 1.60. The van der Waals surface area contributed by atoms with Gasteiger partial charge < -0.3 is 9.66 Å². The van der Waals surface area contributed by atoms with Gasteiger partial charge in [0.05, 0.1) is 0 Å². The van der Waals surface area contributed by atoms with E-state index in [1.165, 1.54) is 0 Å². The van der Waals surface area contributed by atoms with Gasteiger partial charge in [0, 0.05) is 12.6 Å². The average molecular weight is 230 g/mol. The van der Waals surface area contributed by atoms with Crippen molar-refractivity contribution in [1.82, 2.24) is 9.78 Å². The number of aromatic nitrogens is 2. The SMILES string of the molecule is CCCn1nc(C[S+]([O-])CCC)cc1O. The van der Waals surface area contributed by atoms with Crippen molar-refractivity contribution in [3.8, 4) is 5.88 Å². The predicted molar refractivity (Wildman–Crippen MR) is 61.2 cm³/mol. The van der Waals surface area contributed by atoms with Crippen LogP contribution in [0.25, 0.3) is 0 Å². The molecule has 4 nitrogen and oxygen atoms in total. The molecule has 0 amide bonds. The van der Waals surface area contributed by atoms with Crippen LogP contribution in [0.15, 0.2) is 6.07 Å². The minimum atomic E-state index is -0.857. The van der Waals surface area contributed by atoms with E-state index in [2.05, 4.69) is 5.10 Å². The van der Waals surface area contributed by atoms with Crippen LogP contribution in [0.5, 0.6) is 5.88 Å². The zero-order chi connectivity index (χ0) is 11.3. The fourth-order valence-corrected chi connectivity index (χ4v) is 2.44. The monoisotopic (exact) mass is 230 g/mol. The highest BCUT2D eigenvalue weighted by molar-refractivity contribution is 7.90. The van der Waals surface area contributed by atoms with E-state index >= 15 is 0 Å². The molecule has 15 heavy (non-hydrogen) atoms. The molecule has 1 heterocycles. The maximum Gasteiger partial charge on any atom is 0.209 e. The second kappa shape index (κ2) is 6.02. The summed E-state index contributed by atoms with van der Waals surface area (Å²) in [5.74, 6) is 1.31. The van der Waals surface area contributed by atoms with Crippen LogP contribution >= 0.6 is 0 Å². The number of aromatic hydroxyl groups is 1. The third-order valence-electron chi connectivity index (χ3n) is 1.99. The lowest BCUT2D eigenvalue weighted by Gasteiger charge is -2.07. The number of hydrogen-bond donors (Lipinski definition) is 1. The normalized spacial score (nSPS) is 13.0. The Kier molecular flexibility index (Phi) is 4.98. The van der Waals surface area contributed by atoms with Gasteiger partial charge >= 0.3 is 0 Å². The van der Waals surface area contributed by atoms with E-state index in [4.69, 9.17) is 0 Å². The lowest BCUT2D eigenvalue weighted by Crippen LogP contribution is -2.09. The quantitative estimate of drug-likeness (QED) is 0.756. The molecule has 0 fully saturated rings. The Labute approximate surface area is 93.5 Å². The zero-order valence-corrected chi connectivity index (χ0v) is 10.1. The molecule has 0 aromatic carbocycles. The van der Waals surface area contributed by atoms with Crippen molar-refractivity contribution >= 4 is 11.2 Å². The molecule has 0 radical (unpaired) electrons. The van der Waals surface area contributed by atoms with E-state index < -0.39 is 11.2 Å². The Hall–Kier alpha value is -0.680. The second-order valence-corrected chi connectivity index (χ2v) is 5.08. The molecule has 1 aromatic heterocycles. The van der Waals surface area contributed by atoms with Gasteiger partial charge in [0.2, 0.25) is 5.88 Å². The molecule has 0 bridgehead atoms. The maximum atomic E-state index is 11.5. The molecule has 0 aliphatic carbocycles. The number of nitrogens with zero attached hydrogens (tertiary/aromatic N) is 2. The van der Waals surface area contributed by atoms with Crippen LogP contribution in [0.4, 0.5) is 0 Å². The van der Waals surface area contributed by atoms with Crippen LogP contribution < -0.4 is 0 Å². The summed E-state index contributed by atoms with van der Waals surface area (Å²) in [5.41, 5.74) is 0.715.